The van der Waals surface area contributed by atoms with Gasteiger partial charge in [0.2, 0.25) is 11.8 Å². The molecule has 7 nitrogen and oxygen atoms in total. The van der Waals surface area contributed by atoms with Gasteiger partial charge in [-0.15, -0.1) is 0 Å². The van der Waals surface area contributed by atoms with Crippen LogP contribution in [0, 0.1) is 0 Å². The second kappa shape index (κ2) is 8.78. The second-order valence-corrected chi connectivity index (χ2v) is 6.73. The number of piperidine rings is 1. The zero-order valence-electron chi connectivity index (χ0n) is 14.5. The Morgan fingerprint density at radius 3 is 2.12 bits per heavy atom. The Morgan fingerprint density at radius 2 is 1.46 bits per heavy atom. The summed E-state index contributed by atoms with van der Waals surface area (Å²) < 4.78 is 10.6. The van der Waals surface area contributed by atoms with E-state index in [0.29, 0.717) is 65.6 Å². The van der Waals surface area contributed by atoms with Crippen molar-refractivity contribution in [2.45, 2.75) is 31.7 Å². The summed E-state index contributed by atoms with van der Waals surface area (Å²) in [5.74, 6) is 0.401. The van der Waals surface area contributed by atoms with E-state index in [9.17, 15) is 9.59 Å². The van der Waals surface area contributed by atoms with Crippen molar-refractivity contribution in [3.8, 4) is 0 Å². The van der Waals surface area contributed by atoms with Gasteiger partial charge in [0.15, 0.2) is 0 Å². The van der Waals surface area contributed by atoms with Crippen molar-refractivity contribution in [1.29, 1.82) is 0 Å². The van der Waals surface area contributed by atoms with E-state index in [4.69, 9.17) is 9.47 Å². The van der Waals surface area contributed by atoms with Gasteiger partial charge in [0, 0.05) is 39.1 Å². The molecule has 0 aromatic heterocycles. The van der Waals surface area contributed by atoms with Crippen molar-refractivity contribution in [3.63, 3.8) is 0 Å². The molecular formula is C17H29N3O4. The minimum Gasteiger partial charge on any atom is -0.378 e. The van der Waals surface area contributed by atoms with Crippen LogP contribution in [0.3, 0.4) is 0 Å². The standard InChI is InChI=1S/C17H29N3O4/c21-16(19-7-11-23-12-8-19)4-6-18-5-2-1-3-15(18)17(22)20-9-13-24-14-10-20/h15H,1-14H2. The van der Waals surface area contributed by atoms with Gasteiger partial charge in [-0.2, -0.15) is 0 Å². The Hall–Kier alpha value is -1.18. The van der Waals surface area contributed by atoms with Crippen LogP contribution in [0.15, 0.2) is 0 Å². The molecular weight excluding hydrogens is 310 g/mol. The number of nitrogens with zero attached hydrogens (tertiary/aromatic N) is 3. The van der Waals surface area contributed by atoms with Gasteiger partial charge < -0.3 is 19.3 Å². The molecule has 3 aliphatic rings. The Balaban J connectivity index is 1.51. The van der Waals surface area contributed by atoms with Gasteiger partial charge >= 0.3 is 0 Å². The fourth-order valence-corrected chi connectivity index (χ4v) is 3.74. The number of morpholine rings is 2. The van der Waals surface area contributed by atoms with E-state index in [0.717, 1.165) is 25.8 Å². The summed E-state index contributed by atoms with van der Waals surface area (Å²) in [5.41, 5.74) is 0. The first-order valence-electron chi connectivity index (χ1n) is 9.22. The average Bonchev–Trinajstić information content (AvgIpc) is 2.67. The van der Waals surface area contributed by atoms with Crippen LogP contribution < -0.4 is 0 Å². The van der Waals surface area contributed by atoms with Crippen LogP contribution in [-0.2, 0) is 19.1 Å². The third-order valence-corrected chi connectivity index (χ3v) is 5.20. The number of amides is 2. The van der Waals surface area contributed by atoms with E-state index in [1.807, 2.05) is 9.80 Å². The Labute approximate surface area is 143 Å². The van der Waals surface area contributed by atoms with Crippen LogP contribution in [0.2, 0.25) is 0 Å². The molecule has 3 rings (SSSR count). The predicted molar refractivity (Wildman–Crippen MR) is 88.6 cm³/mol. The Morgan fingerprint density at radius 1 is 0.833 bits per heavy atom. The topological polar surface area (TPSA) is 62.3 Å². The molecule has 0 aromatic carbocycles. The predicted octanol–water partition coefficient (Wildman–Crippen LogP) is -0.0514. The van der Waals surface area contributed by atoms with Gasteiger partial charge in [-0.05, 0) is 19.4 Å². The van der Waals surface area contributed by atoms with Crippen molar-refractivity contribution < 1.29 is 19.1 Å². The SMILES string of the molecule is O=C(CCN1CCCCC1C(=O)N1CCOCC1)N1CCOCC1. The lowest BCUT2D eigenvalue weighted by molar-refractivity contribution is -0.143. The zero-order valence-corrected chi connectivity index (χ0v) is 14.5. The van der Waals surface area contributed by atoms with Crippen LogP contribution in [-0.4, -0.2) is 98.3 Å². The minimum absolute atomic E-state index is 0.0608. The van der Waals surface area contributed by atoms with Gasteiger partial charge in [-0.25, -0.2) is 0 Å². The van der Waals surface area contributed by atoms with E-state index in [2.05, 4.69) is 4.90 Å². The molecule has 0 spiro atoms. The van der Waals surface area contributed by atoms with E-state index in [1.54, 1.807) is 0 Å². The maximum atomic E-state index is 12.8. The first kappa shape index (κ1) is 17.6. The molecule has 0 bridgehead atoms. The number of hydrogen-bond donors (Lipinski definition) is 0. The fraction of sp³-hybridized carbons (Fsp3) is 0.882. The summed E-state index contributed by atoms with van der Waals surface area (Å²) in [4.78, 5) is 31.2. The summed E-state index contributed by atoms with van der Waals surface area (Å²) in [6, 6.07) is -0.0608. The van der Waals surface area contributed by atoms with Crippen molar-refractivity contribution in [2.75, 3.05) is 65.7 Å². The molecule has 24 heavy (non-hydrogen) atoms. The van der Waals surface area contributed by atoms with Crippen molar-refractivity contribution >= 4 is 11.8 Å². The third-order valence-electron chi connectivity index (χ3n) is 5.20. The highest BCUT2D eigenvalue weighted by molar-refractivity contribution is 5.82. The number of carbonyl (C=O) groups is 2. The van der Waals surface area contributed by atoms with Crippen molar-refractivity contribution in [1.82, 2.24) is 14.7 Å². The van der Waals surface area contributed by atoms with Gasteiger partial charge in [-0.3, -0.25) is 14.5 Å². The van der Waals surface area contributed by atoms with Gasteiger partial charge in [0.1, 0.15) is 0 Å². The van der Waals surface area contributed by atoms with Crippen molar-refractivity contribution in [2.24, 2.45) is 0 Å². The molecule has 0 saturated carbocycles. The summed E-state index contributed by atoms with van der Waals surface area (Å²) in [6.07, 6.45) is 3.60. The minimum atomic E-state index is -0.0608. The first-order chi connectivity index (χ1) is 11.8. The monoisotopic (exact) mass is 339 g/mol. The largest absolute Gasteiger partial charge is 0.378 e. The second-order valence-electron chi connectivity index (χ2n) is 6.73. The number of likely N-dealkylation sites (tertiary alicyclic amines) is 1. The summed E-state index contributed by atoms with van der Waals surface area (Å²) in [5, 5.41) is 0. The Bertz CT molecular complexity index is 434. The number of rotatable bonds is 4. The van der Waals surface area contributed by atoms with E-state index < -0.39 is 0 Å². The highest BCUT2D eigenvalue weighted by atomic mass is 16.5. The average molecular weight is 339 g/mol. The Kier molecular flexibility index (Phi) is 6.45. The molecule has 136 valence electrons. The molecule has 1 unspecified atom stereocenters. The highest BCUT2D eigenvalue weighted by Gasteiger charge is 2.32. The highest BCUT2D eigenvalue weighted by Crippen LogP contribution is 2.20. The quantitative estimate of drug-likeness (QED) is 0.719. The lowest BCUT2D eigenvalue weighted by Crippen LogP contribution is -2.54. The molecule has 3 heterocycles. The molecule has 2 amide bonds. The molecule has 0 aromatic rings. The maximum absolute atomic E-state index is 12.8. The molecule has 0 N–H and O–H groups in total. The third kappa shape index (κ3) is 4.46. The molecule has 3 saturated heterocycles. The fourth-order valence-electron chi connectivity index (χ4n) is 3.74. The van der Waals surface area contributed by atoms with Gasteiger partial charge in [-0.1, -0.05) is 6.42 Å². The van der Waals surface area contributed by atoms with Gasteiger partial charge in [0.05, 0.1) is 32.5 Å². The van der Waals surface area contributed by atoms with Crippen LogP contribution in [0.5, 0.6) is 0 Å². The van der Waals surface area contributed by atoms with Crippen LogP contribution in [0.4, 0.5) is 0 Å². The van der Waals surface area contributed by atoms with Crippen molar-refractivity contribution in [3.05, 3.63) is 0 Å². The maximum Gasteiger partial charge on any atom is 0.240 e. The molecule has 7 heteroatoms. The van der Waals surface area contributed by atoms with Crippen LogP contribution in [0.25, 0.3) is 0 Å². The van der Waals surface area contributed by atoms with E-state index in [-0.39, 0.29) is 17.9 Å². The first-order valence-corrected chi connectivity index (χ1v) is 9.22. The number of hydrogen-bond acceptors (Lipinski definition) is 5. The van der Waals surface area contributed by atoms with Crippen LogP contribution in [0.1, 0.15) is 25.7 Å². The molecule has 3 fully saturated rings. The zero-order chi connectivity index (χ0) is 16.8. The summed E-state index contributed by atoms with van der Waals surface area (Å²) in [7, 11) is 0. The smallest absolute Gasteiger partial charge is 0.240 e. The molecule has 0 radical (unpaired) electrons. The van der Waals surface area contributed by atoms with Gasteiger partial charge in [0.25, 0.3) is 0 Å². The lowest BCUT2D eigenvalue weighted by Gasteiger charge is -2.39. The normalized spacial score (nSPS) is 26.4. The van der Waals surface area contributed by atoms with E-state index >= 15 is 0 Å². The summed E-state index contributed by atoms with van der Waals surface area (Å²) in [6.45, 7) is 6.88. The number of ether oxygens (including phenoxy) is 2. The van der Waals surface area contributed by atoms with E-state index in [1.165, 1.54) is 0 Å². The summed E-state index contributed by atoms with van der Waals surface area (Å²) >= 11 is 0. The molecule has 1 atom stereocenters. The number of carbonyl (C=O) groups excluding carboxylic acids is 2. The molecule has 3 aliphatic heterocycles. The van der Waals surface area contributed by atoms with Crippen LogP contribution >= 0.6 is 0 Å². The molecule has 0 aliphatic carbocycles. The lowest BCUT2D eigenvalue weighted by atomic mass is 10.00.